The first-order valence-corrected chi connectivity index (χ1v) is 10.5. The first-order valence-electron chi connectivity index (χ1n) is 10.5. The molecule has 3 rings (SSSR count). The van der Waals surface area contributed by atoms with E-state index in [9.17, 15) is 9.59 Å². The molecule has 0 aromatic heterocycles. The van der Waals surface area contributed by atoms with Crippen LogP contribution in [0.3, 0.4) is 0 Å². The summed E-state index contributed by atoms with van der Waals surface area (Å²) >= 11 is 0. The molecular formula is C22H33N3O2. The molecule has 0 radical (unpaired) electrons. The quantitative estimate of drug-likeness (QED) is 0.830. The first kappa shape index (κ1) is 19.9. The topological polar surface area (TPSA) is 61.4 Å². The molecule has 5 nitrogen and oxygen atoms in total. The van der Waals surface area contributed by atoms with Gasteiger partial charge in [0, 0.05) is 30.8 Å². The maximum Gasteiger partial charge on any atom is 0.253 e. The molecule has 2 unspecified atom stereocenters. The van der Waals surface area contributed by atoms with Crippen LogP contribution in [0.25, 0.3) is 0 Å². The van der Waals surface area contributed by atoms with E-state index < -0.39 is 0 Å². The van der Waals surface area contributed by atoms with Crippen LogP contribution in [-0.2, 0) is 4.79 Å². The van der Waals surface area contributed by atoms with Gasteiger partial charge in [-0.1, -0.05) is 19.8 Å². The van der Waals surface area contributed by atoms with Gasteiger partial charge in [0.1, 0.15) is 0 Å². The number of piperidine rings is 1. The summed E-state index contributed by atoms with van der Waals surface area (Å²) in [6, 6.07) is 7.35. The molecule has 0 saturated carbocycles. The molecule has 2 aliphatic heterocycles. The van der Waals surface area contributed by atoms with Gasteiger partial charge in [0.2, 0.25) is 5.91 Å². The number of hydrogen-bond acceptors (Lipinski definition) is 3. The smallest absolute Gasteiger partial charge is 0.253 e. The second-order valence-electron chi connectivity index (χ2n) is 8.12. The van der Waals surface area contributed by atoms with Crippen LogP contribution in [0.4, 0.5) is 5.69 Å². The molecule has 27 heavy (non-hydrogen) atoms. The molecule has 0 aliphatic carbocycles. The lowest BCUT2D eigenvalue weighted by Gasteiger charge is -2.28. The number of nitrogens with zero attached hydrogens (tertiary/aromatic N) is 1. The van der Waals surface area contributed by atoms with Crippen LogP contribution in [0.5, 0.6) is 0 Å². The highest BCUT2D eigenvalue weighted by molar-refractivity contribution is 5.95. The predicted molar refractivity (Wildman–Crippen MR) is 109 cm³/mol. The highest BCUT2D eigenvalue weighted by Crippen LogP contribution is 2.23. The van der Waals surface area contributed by atoms with Gasteiger partial charge in [-0.25, -0.2) is 0 Å². The van der Waals surface area contributed by atoms with Crippen molar-refractivity contribution in [1.29, 1.82) is 0 Å². The normalized spacial score (nSPS) is 22.0. The molecule has 2 heterocycles. The Bertz CT molecular complexity index is 615. The van der Waals surface area contributed by atoms with E-state index in [1.54, 1.807) is 0 Å². The molecule has 2 N–H and O–H groups in total. The number of benzene rings is 1. The number of nitrogens with one attached hydrogen (secondary N) is 2. The minimum Gasteiger partial charge on any atom is -0.339 e. The van der Waals surface area contributed by atoms with E-state index >= 15 is 0 Å². The van der Waals surface area contributed by atoms with Crippen molar-refractivity contribution in [3.63, 3.8) is 0 Å². The Morgan fingerprint density at radius 2 is 1.81 bits per heavy atom. The Morgan fingerprint density at radius 3 is 2.44 bits per heavy atom. The van der Waals surface area contributed by atoms with E-state index in [4.69, 9.17) is 0 Å². The highest BCUT2D eigenvalue weighted by atomic mass is 16.2. The van der Waals surface area contributed by atoms with Crippen molar-refractivity contribution in [3.8, 4) is 0 Å². The Labute approximate surface area is 162 Å². The summed E-state index contributed by atoms with van der Waals surface area (Å²) in [6.45, 7) is 5.98. The van der Waals surface area contributed by atoms with Gasteiger partial charge < -0.3 is 15.5 Å². The zero-order chi connectivity index (χ0) is 19.1. The van der Waals surface area contributed by atoms with E-state index in [1.807, 2.05) is 29.2 Å². The van der Waals surface area contributed by atoms with Crippen LogP contribution in [0, 0.1) is 11.8 Å². The summed E-state index contributed by atoms with van der Waals surface area (Å²) in [7, 11) is 0. The van der Waals surface area contributed by atoms with E-state index in [0.29, 0.717) is 23.8 Å². The average molecular weight is 372 g/mol. The molecular weight excluding hydrogens is 338 g/mol. The SMILES string of the molecule is CC(CC(=O)Nc1ccc(C(=O)N2CCCCCC2)cc1)C1CCCNC1. The molecule has 2 fully saturated rings. The minimum atomic E-state index is 0.0552. The molecule has 2 atom stereocenters. The zero-order valence-electron chi connectivity index (χ0n) is 16.5. The van der Waals surface area contributed by atoms with E-state index in [0.717, 1.165) is 44.7 Å². The zero-order valence-corrected chi connectivity index (χ0v) is 16.5. The van der Waals surface area contributed by atoms with Crippen molar-refractivity contribution >= 4 is 17.5 Å². The lowest BCUT2D eigenvalue weighted by molar-refractivity contribution is -0.117. The van der Waals surface area contributed by atoms with Gasteiger partial charge in [-0.05, 0) is 74.9 Å². The molecule has 0 bridgehead atoms. The molecule has 5 heteroatoms. The van der Waals surface area contributed by atoms with Crippen LogP contribution in [0.15, 0.2) is 24.3 Å². The Hall–Kier alpha value is -1.88. The fourth-order valence-electron chi connectivity index (χ4n) is 4.19. The number of carbonyl (C=O) groups excluding carboxylic acids is 2. The van der Waals surface area contributed by atoms with Crippen molar-refractivity contribution in [1.82, 2.24) is 10.2 Å². The largest absolute Gasteiger partial charge is 0.339 e. The third-order valence-corrected chi connectivity index (χ3v) is 5.96. The lowest BCUT2D eigenvalue weighted by Crippen LogP contribution is -2.34. The van der Waals surface area contributed by atoms with Crippen molar-refractivity contribution in [2.45, 2.75) is 51.9 Å². The second-order valence-corrected chi connectivity index (χ2v) is 8.12. The standard InChI is InChI=1S/C22H33N3O2/c1-17(19-7-6-12-23-16-19)15-21(26)24-20-10-8-18(9-11-20)22(27)25-13-4-2-3-5-14-25/h8-11,17,19,23H,2-7,12-16H2,1H3,(H,24,26). The monoisotopic (exact) mass is 371 g/mol. The fraction of sp³-hybridized carbons (Fsp3) is 0.636. The summed E-state index contributed by atoms with van der Waals surface area (Å²) in [6.07, 6.45) is 7.55. The molecule has 2 aliphatic rings. The maximum absolute atomic E-state index is 12.6. The highest BCUT2D eigenvalue weighted by Gasteiger charge is 2.22. The van der Waals surface area contributed by atoms with Crippen LogP contribution in [0.2, 0.25) is 0 Å². The third kappa shape index (κ3) is 5.80. The van der Waals surface area contributed by atoms with E-state index in [2.05, 4.69) is 17.6 Å². The Kier molecular flexibility index (Phi) is 7.27. The number of amides is 2. The Morgan fingerprint density at radius 1 is 1.11 bits per heavy atom. The summed E-state index contributed by atoms with van der Waals surface area (Å²) < 4.78 is 0. The molecule has 0 spiro atoms. The summed E-state index contributed by atoms with van der Waals surface area (Å²) in [5, 5.41) is 6.40. The second kappa shape index (κ2) is 9.88. The van der Waals surface area contributed by atoms with Crippen molar-refractivity contribution in [2.24, 2.45) is 11.8 Å². The number of hydrogen-bond donors (Lipinski definition) is 2. The van der Waals surface area contributed by atoms with Crippen molar-refractivity contribution < 1.29 is 9.59 Å². The number of carbonyl (C=O) groups is 2. The third-order valence-electron chi connectivity index (χ3n) is 5.96. The van der Waals surface area contributed by atoms with E-state index in [1.165, 1.54) is 25.7 Å². The van der Waals surface area contributed by atoms with Gasteiger partial charge in [-0.15, -0.1) is 0 Å². The molecule has 148 valence electrons. The number of anilines is 1. The minimum absolute atomic E-state index is 0.0552. The summed E-state index contributed by atoms with van der Waals surface area (Å²) in [5.41, 5.74) is 1.47. The molecule has 2 amide bonds. The Balaban J connectivity index is 1.50. The average Bonchev–Trinajstić information content (AvgIpc) is 2.98. The molecule has 1 aromatic rings. The van der Waals surface area contributed by atoms with Crippen molar-refractivity contribution in [3.05, 3.63) is 29.8 Å². The fourth-order valence-corrected chi connectivity index (χ4v) is 4.19. The van der Waals surface area contributed by atoms with Gasteiger partial charge in [0.25, 0.3) is 5.91 Å². The summed E-state index contributed by atoms with van der Waals surface area (Å²) in [5.74, 6) is 1.12. The van der Waals surface area contributed by atoms with Gasteiger partial charge in [0.05, 0.1) is 0 Å². The van der Waals surface area contributed by atoms with Gasteiger partial charge in [-0.3, -0.25) is 9.59 Å². The van der Waals surface area contributed by atoms with Crippen LogP contribution < -0.4 is 10.6 Å². The van der Waals surface area contributed by atoms with Crippen LogP contribution in [-0.4, -0.2) is 42.9 Å². The lowest BCUT2D eigenvalue weighted by atomic mass is 9.85. The van der Waals surface area contributed by atoms with Gasteiger partial charge in [-0.2, -0.15) is 0 Å². The number of rotatable bonds is 5. The van der Waals surface area contributed by atoms with E-state index in [-0.39, 0.29) is 11.8 Å². The van der Waals surface area contributed by atoms with Gasteiger partial charge >= 0.3 is 0 Å². The van der Waals surface area contributed by atoms with Crippen LogP contribution in [0.1, 0.15) is 62.2 Å². The predicted octanol–water partition coefficient (Wildman–Crippen LogP) is 3.67. The molecule has 2 saturated heterocycles. The van der Waals surface area contributed by atoms with Crippen molar-refractivity contribution in [2.75, 3.05) is 31.5 Å². The number of likely N-dealkylation sites (tertiary alicyclic amines) is 1. The van der Waals surface area contributed by atoms with Gasteiger partial charge in [0.15, 0.2) is 0 Å². The van der Waals surface area contributed by atoms with Crippen LogP contribution >= 0.6 is 0 Å². The molecule has 1 aromatic carbocycles. The first-order chi connectivity index (χ1) is 13.1. The maximum atomic E-state index is 12.6. The summed E-state index contributed by atoms with van der Waals surface area (Å²) in [4.78, 5) is 27.0.